The van der Waals surface area contributed by atoms with Gasteiger partial charge in [0.1, 0.15) is 5.75 Å². The van der Waals surface area contributed by atoms with E-state index in [1.165, 1.54) is 12.8 Å². The van der Waals surface area contributed by atoms with Crippen LogP contribution in [0.5, 0.6) is 5.75 Å². The molecule has 0 spiro atoms. The van der Waals surface area contributed by atoms with Gasteiger partial charge in [-0.2, -0.15) is 0 Å². The second kappa shape index (κ2) is 4.27. The van der Waals surface area contributed by atoms with E-state index in [0.717, 1.165) is 12.2 Å². The zero-order valence-electron chi connectivity index (χ0n) is 9.66. The molecule has 0 aromatic heterocycles. The largest absolute Gasteiger partial charge is 0.493 e. The van der Waals surface area contributed by atoms with Crippen molar-refractivity contribution in [2.75, 3.05) is 6.61 Å². The van der Waals surface area contributed by atoms with Crippen molar-refractivity contribution in [3.63, 3.8) is 0 Å². The first-order valence-corrected chi connectivity index (χ1v) is 6.00. The predicted octanol–water partition coefficient (Wildman–Crippen LogP) is 3.36. The fourth-order valence-electron chi connectivity index (χ4n) is 1.61. The highest BCUT2D eigenvalue weighted by Crippen LogP contribution is 2.34. The summed E-state index contributed by atoms with van der Waals surface area (Å²) < 4.78 is 5.72. The van der Waals surface area contributed by atoms with Gasteiger partial charge in [-0.1, -0.05) is 17.7 Å². The van der Waals surface area contributed by atoms with Crippen LogP contribution in [0.15, 0.2) is 18.2 Å². The highest BCUT2D eigenvalue weighted by molar-refractivity contribution is 6.30. The smallest absolute Gasteiger partial charge is 0.126 e. The SMILES string of the molecule is CC(C)(O)c1ccc(Cl)cc1OCC1CC1. The molecule has 0 radical (unpaired) electrons. The lowest BCUT2D eigenvalue weighted by Gasteiger charge is -2.21. The molecule has 1 N–H and O–H groups in total. The first kappa shape index (κ1) is 11.7. The van der Waals surface area contributed by atoms with Crippen LogP contribution < -0.4 is 4.74 Å². The van der Waals surface area contributed by atoms with Gasteiger partial charge in [0.05, 0.1) is 12.2 Å². The summed E-state index contributed by atoms with van der Waals surface area (Å²) in [5.74, 6) is 1.39. The van der Waals surface area contributed by atoms with Crippen molar-refractivity contribution in [2.24, 2.45) is 5.92 Å². The summed E-state index contributed by atoms with van der Waals surface area (Å²) in [4.78, 5) is 0. The van der Waals surface area contributed by atoms with E-state index in [1.54, 1.807) is 26.0 Å². The third kappa shape index (κ3) is 2.89. The lowest BCUT2D eigenvalue weighted by Crippen LogP contribution is -2.17. The van der Waals surface area contributed by atoms with E-state index in [1.807, 2.05) is 6.07 Å². The second-order valence-electron chi connectivity index (χ2n) is 4.95. The number of halogens is 1. The van der Waals surface area contributed by atoms with Gasteiger partial charge in [0.15, 0.2) is 0 Å². The molecule has 0 unspecified atom stereocenters. The van der Waals surface area contributed by atoms with Crippen LogP contribution in [0, 0.1) is 5.92 Å². The summed E-state index contributed by atoms with van der Waals surface area (Å²) in [6.45, 7) is 4.23. The van der Waals surface area contributed by atoms with Gasteiger partial charge in [-0.3, -0.25) is 0 Å². The van der Waals surface area contributed by atoms with Crippen LogP contribution in [-0.2, 0) is 5.60 Å². The van der Waals surface area contributed by atoms with Crippen molar-refractivity contribution in [3.05, 3.63) is 28.8 Å². The minimum Gasteiger partial charge on any atom is -0.493 e. The molecular formula is C13H17ClO2. The van der Waals surface area contributed by atoms with E-state index in [9.17, 15) is 5.11 Å². The molecule has 0 amide bonds. The molecule has 3 heteroatoms. The monoisotopic (exact) mass is 240 g/mol. The average Bonchev–Trinajstić information content (AvgIpc) is 2.96. The van der Waals surface area contributed by atoms with Crippen LogP contribution in [0.2, 0.25) is 5.02 Å². The fraction of sp³-hybridized carbons (Fsp3) is 0.538. The molecule has 1 aliphatic carbocycles. The Bertz CT molecular complexity index is 378. The van der Waals surface area contributed by atoms with E-state index in [-0.39, 0.29) is 0 Å². The summed E-state index contributed by atoms with van der Waals surface area (Å²) in [5, 5.41) is 10.7. The minimum atomic E-state index is -0.899. The van der Waals surface area contributed by atoms with Gasteiger partial charge in [0.25, 0.3) is 0 Å². The number of ether oxygens (including phenoxy) is 1. The predicted molar refractivity (Wildman–Crippen MR) is 64.9 cm³/mol. The van der Waals surface area contributed by atoms with Crippen molar-refractivity contribution < 1.29 is 9.84 Å². The minimum absolute atomic E-state index is 0.638. The standard InChI is InChI=1S/C13H17ClO2/c1-13(2,15)11-6-5-10(14)7-12(11)16-8-9-3-4-9/h5-7,9,15H,3-4,8H2,1-2H3. The van der Waals surface area contributed by atoms with Crippen LogP contribution in [0.4, 0.5) is 0 Å². The third-order valence-corrected chi connectivity index (χ3v) is 3.01. The quantitative estimate of drug-likeness (QED) is 0.875. The maximum atomic E-state index is 10.0. The molecular weight excluding hydrogens is 224 g/mol. The highest BCUT2D eigenvalue weighted by atomic mass is 35.5. The zero-order valence-corrected chi connectivity index (χ0v) is 10.4. The second-order valence-corrected chi connectivity index (χ2v) is 5.39. The Balaban J connectivity index is 2.20. The van der Waals surface area contributed by atoms with Gasteiger partial charge in [0.2, 0.25) is 0 Å². The van der Waals surface area contributed by atoms with Gasteiger partial charge in [0, 0.05) is 10.6 Å². The van der Waals surface area contributed by atoms with Gasteiger partial charge in [-0.15, -0.1) is 0 Å². The number of benzene rings is 1. The van der Waals surface area contributed by atoms with Gasteiger partial charge in [-0.25, -0.2) is 0 Å². The Labute approximate surface area is 101 Å². The number of hydrogen-bond donors (Lipinski definition) is 1. The van der Waals surface area contributed by atoms with E-state index >= 15 is 0 Å². The summed E-state index contributed by atoms with van der Waals surface area (Å²) in [6, 6.07) is 5.38. The molecule has 1 saturated carbocycles. The van der Waals surface area contributed by atoms with E-state index in [0.29, 0.717) is 16.7 Å². The molecule has 0 saturated heterocycles. The van der Waals surface area contributed by atoms with Crippen molar-refractivity contribution in [2.45, 2.75) is 32.3 Å². The first-order chi connectivity index (χ1) is 7.47. The Morgan fingerprint density at radius 2 is 2.12 bits per heavy atom. The van der Waals surface area contributed by atoms with E-state index < -0.39 is 5.60 Å². The number of rotatable bonds is 4. The van der Waals surface area contributed by atoms with Gasteiger partial charge < -0.3 is 9.84 Å². The molecule has 16 heavy (non-hydrogen) atoms. The molecule has 2 rings (SSSR count). The maximum absolute atomic E-state index is 10.0. The van der Waals surface area contributed by atoms with Crippen molar-refractivity contribution in [1.29, 1.82) is 0 Å². The lowest BCUT2D eigenvalue weighted by molar-refractivity contribution is 0.0745. The molecule has 0 atom stereocenters. The Hall–Kier alpha value is -0.730. The Morgan fingerprint density at radius 3 is 2.69 bits per heavy atom. The van der Waals surface area contributed by atoms with Crippen LogP contribution in [-0.4, -0.2) is 11.7 Å². The van der Waals surface area contributed by atoms with Crippen LogP contribution in [0.1, 0.15) is 32.3 Å². The van der Waals surface area contributed by atoms with Crippen LogP contribution in [0.25, 0.3) is 0 Å². The average molecular weight is 241 g/mol. The Morgan fingerprint density at radius 1 is 1.44 bits per heavy atom. The normalized spacial score (nSPS) is 16.2. The van der Waals surface area contributed by atoms with Crippen LogP contribution in [0.3, 0.4) is 0 Å². The summed E-state index contributed by atoms with van der Waals surface area (Å²) in [7, 11) is 0. The maximum Gasteiger partial charge on any atom is 0.126 e. The summed E-state index contributed by atoms with van der Waals surface area (Å²) in [6.07, 6.45) is 2.50. The molecule has 0 aliphatic heterocycles. The topological polar surface area (TPSA) is 29.5 Å². The first-order valence-electron chi connectivity index (χ1n) is 5.62. The number of aliphatic hydroxyl groups is 1. The Kier molecular flexibility index (Phi) is 3.13. The molecule has 1 fully saturated rings. The van der Waals surface area contributed by atoms with E-state index in [2.05, 4.69) is 0 Å². The molecule has 88 valence electrons. The van der Waals surface area contributed by atoms with Gasteiger partial charge >= 0.3 is 0 Å². The zero-order chi connectivity index (χ0) is 11.8. The molecule has 1 aromatic carbocycles. The van der Waals surface area contributed by atoms with Crippen molar-refractivity contribution in [1.82, 2.24) is 0 Å². The summed E-state index contributed by atoms with van der Waals surface area (Å²) in [5.41, 5.74) is -0.110. The summed E-state index contributed by atoms with van der Waals surface area (Å²) >= 11 is 5.94. The molecule has 2 nitrogen and oxygen atoms in total. The molecule has 0 bridgehead atoms. The lowest BCUT2D eigenvalue weighted by atomic mass is 9.97. The van der Waals surface area contributed by atoms with Crippen molar-refractivity contribution >= 4 is 11.6 Å². The third-order valence-electron chi connectivity index (χ3n) is 2.77. The highest BCUT2D eigenvalue weighted by Gasteiger charge is 2.25. The molecule has 1 aromatic rings. The van der Waals surface area contributed by atoms with E-state index in [4.69, 9.17) is 16.3 Å². The fourth-order valence-corrected chi connectivity index (χ4v) is 1.78. The van der Waals surface area contributed by atoms with Crippen LogP contribution >= 0.6 is 11.6 Å². The van der Waals surface area contributed by atoms with Crippen molar-refractivity contribution in [3.8, 4) is 5.75 Å². The van der Waals surface area contributed by atoms with Gasteiger partial charge in [-0.05, 0) is 44.7 Å². The molecule has 0 heterocycles. The number of hydrogen-bond acceptors (Lipinski definition) is 2. The molecule has 1 aliphatic rings.